The SMILES string of the molecule is O=C(NC1CCCN(c2ncccn2)C1)c1n[nH]nc1-c1ccccc1. The number of nitrogens with one attached hydrogen (secondary N) is 2. The Bertz CT molecular complexity index is 866. The van der Waals surface area contributed by atoms with Crippen LogP contribution in [0.2, 0.25) is 0 Å². The van der Waals surface area contributed by atoms with Crippen molar-refractivity contribution in [1.29, 1.82) is 0 Å². The maximum atomic E-state index is 12.7. The van der Waals surface area contributed by atoms with Crippen molar-refractivity contribution in [3.8, 4) is 11.3 Å². The second-order valence-electron chi connectivity index (χ2n) is 6.19. The number of anilines is 1. The molecule has 0 saturated carbocycles. The van der Waals surface area contributed by atoms with Crippen LogP contribution in [0, 0.1) is 0 Å². The molecule has 8 heteroatoms. The lowest BCUT2D eigenvalue weighted by molar-refractivity contribution is 0.0928. The number of H-pyrrole nitrogens is 1. The summed E-state index contributed by atoms with van der Waals surface area (Å²) >= 11 is 0. The van der Waals surface area contributed by atoms with E-state index in [0.29, 0.717) is 23.9 Å². The van der Waals surface area contributed by atoms with Crippen LogP contribution in [0.3, 0.4) is 0 Å². The van der Waals surface area contributed by atoms with Crippen LogP contribution in [-0.4, -0.2) is 50.4 Å². The lowest BCUT2D eigenvalue weighted by Gasteiger charge is -2.32. The van der Waals surface area contributed by atoms with Gasteiger partial charge in [0.15, 0.2) is 5.69 Å². The van der Waals surface area contributed by atoms with Crippen molar-refractivity contribution in [2.45, 2.75) is 18.9 Å². The van der Waals surface area contributed by atoms with Crippen LogP contribution in [0.1, 0.15) is 23.3 Å². The molecule has 1 aliphatic rings. The van der Waals surface area contributed by atoms with E-state index in [1.807, 2.05) is 30.3 Å². The van der Waals surface area contributed by atoms with Gasteiger partial charge in [0.2, 0.25) is 5.95 Å². The maximum absolute atomic E-state index is 12.7. The molecule has 4 rings (SSSR count). The largest absolute Gasteiger partial charge is 0.346 e. The Balaban J connectivity index is 1.46. The van der Waals surface area contributed by atoms with Gasteiger partial charge < -0.3 is 10.2 Å². The highest BCUT2D eigenvalue weighted by Crippen LogP contribution is 2.20. The van der Waals surface area contributed by atoms with Gasteiger partial charge in [-0.05, 0) is 18.9 Å². The molecule has 132 valence electrons. The molecular weight excluding hydrogens is 330 g/mol. The number of amides is 1. The summed E-state index contributed by atoms with van der Waals surface area (Å²) in [6.45, 7) is 1.56. The van der Waals surface area contributed by atoms with Gasteiger partial charge in [0.1, 0.15) is 5.69 Å². The van der Waals surface area contributed by atoms with Crippen molar-refractivity contribution >= 4 is 11.9 Å². The third-order valence-corrected chi connectivity index (χ3v) is 4.40. The molecular formula is C18H19N7O. The van der Waals surface area contributed by atoms with E-state index in [0.717, 1.165) is 24.9 Å². The predicted molar refractivity (Wildman–Crippen MR) is 96.6 cm³/mol. The van der Waals surface area contributed by atoms with E-state index in [-0.39, 0.29) is 11.9 Å². The van der Waals surface area contributed by atoms with Gasteiger partial charge >= 0.3 is 0 Å². The Kier molecular flexibility index (Phi) is 4.55. The zero-order valence-corrected chi connectivity index (χ0v) is 14.2. The topological polar surface area (TPSA) is 99.7 Å². The zero-order chi connectivity index (χ0) is 17.8. The van der Waals surface area contributed by atoms with Crippen LogP contribution in [0.25, 0.3) is 11.3 Å². The number of hydrogen-bond donors (Lipinski definition) is 2. The Labute approximate surface area is 150 Å². The van der Waals surface area contributed by atoms with Crippen molar-refractivity contribution < 1.29 is 4.79 Å². The number of rotatable bonds is 4. The van der Waals surface area contributed by atoms with E-state index in [1.165, 1.54) is 0 Å². The molecule has 2 aromatic heterocycles. The number of aromatic nitrogens is 5. The molecule has 3 heterocycles. The molecule has 1 atom stereocenters. The Morgan fingerprint density at radius 2 is 1.92 bits per heavy atom. The zero-order valence-electron chi connectivity index (χ0n) is 14.2. The molecule has 0 radical (unpaired) electrons. The summed E-state index contributed by atoms with van der Waals surface area (Å²) in [4.78, 5) is 23.4. The molecule has 0 aliphatic carbocycles. The molecule has 0 spiro atoms. The van der Waals surface area contributed by atoms with Crippen LogP contribution in [0.5, 0.6) is 0 Å². The van der Waals surface area contributed by atoms with E-state index in [2.05, 4.69) is 35.6 Å². The molecule has 0 bridgehead atoms. The monoisotopic (exact) mass is 349 g/mol. The van der Waals surface area contributed by atoms with E-state index >= 15 is 0 Å². The molecule has 1 unspecified atom stereocenters. The standard InChI is InChI=1S/C18H19N7O/c26-17(16-15(22-24-23-16)13-6-2-1-3-7-13)21-14-8-4-11-25(12-14)18-19-9-5-10-20-18/h1-3,5-7,9-10,14H,4,8,11-12H2,(H,21,26)(H,22,23,24). The van der Waals surface area contributed by atoms with Gasteiger partial charge in [0.05, 0.1) is 0 Å². The molecule has 8 nitrogen and oxygen atoms in total. The van der Waals surface area contributed by atoms with Gasteiger partial charge in [-0.25, -0.2) is 9.97 Å². The van der Waals surface area contributed by atoms with Crippen LogP contribution in [0.4, 0.5) is 5.95 Å². The van der Waals surface area contributed by atoms with Crippen molar-refractivity contribution in [3.63, 3.8) is 0 Å². The van der Waals surface area contributed by atoms with E-state index in [1.54, 1.807) is 18.5 Å². The van der Waals surface area contributed by atoms with Crippen LogP contribution in [-0.2, 0) is 0 Å². The molecule has 3 aromatic rings. The average molecular weight is 349 g/mol. The Morgan fingerprint density at radius 1 is 1.12 bits per heavy atom. The minimum absolute atomic E-state index is 0.0142. The smallest absolute Gasteiger partial charge is 0.274 e. The second kappa shape index (κ2) is 7.30. The quantitative estimate of drug-likeness (QED) is 0.743. The highest BCUT2D eigenvalue weighted by Gasteiger charge is 2.25. The van der Waals surface area contributed by atoms with Gasteiger partial charge in [0, 0.05) is 37.1 Å². The summed E-state index contributed by atoms with van der Waals surface area (Å²) in [5.41, 5.74) is 1.72. The minimum Gasteiger partial charge on any atom is -0.346 e. The Hall–Kier alpha value is -3.29. The highest BCUT2D eigenvalue weighted by atomic mass is 16.2. The number of piperidine rings is 1. The summed E-state index contributed by atoms with van der Waals surface area (Å²) < 4.78 is 0. The van der Waals surface area contributed by atoms with Gasteiger partial charge in [0.25, 0.3) is 5.91 Å². The van der Waals surface area contributed by atoms with Crippen LogP contribution in [0.15, 0.2) is 48.8 Å². The Morgan fingerprint density at radius 3 is 2.73 bits per heavy atom. The van der Waals surface area contributed by atoms with E-state index in [9.17, 15) is 4.79 Å². The van der Waals surface area contributed by atoms with Crippen LogP contribution < -0.4 is 10.2 Å². The first-order valence-electron chi connectivity index (χ1n) is 8.60. The second-order valence-corrected chi connectivity index (χ2v) is 6.19. The fourth-order valence-corrected chi connectivity index (χ4v) is 3.17. The summed E-state index contributed by atoms with van der Waals surface area (Å²) in [5.74, 6) is 0.469. The number of carbonyl (C=O) groups excluding carboxylic acids is 1. The molecule has 1 aromatic carbocycles. The first-order valence-corrected chi connectivity index (χ1v) is 8.60. The first-order chi connectivity index (χ1) is 12.8. The number of hydrogen-bond acceptors (Lipinski definition) is 6. The molecule has 1 aliphatic heterocycles. The predicted octanol–water partition coefficient (Wildman–Crippen LogP) is 1.66. The van der Waals surface area contributed by atoms with Crippen molar-refractivity contribution in [2.24, 2.45) is 0 Å². The third kappa shape index (κ3) is 3.39. The van der Waals surface area contributed by atoms with E-state index < -0.39 is 0 Å². The van der Waals surface area contributed by atoms with Gasteiger partial charge in [-0.2, -0.15) is 15.4 Å². The van der Waals surface area contributed by atoms with Crippen molar-refractivity contribution in [2.75, 3.05) is 18.0 Å². The van der Waals surface area contributed by atoms with Crippen molar-refractivity contribution in [1.82, 2.24) is 30.7 Å². The highest BCUT2D eigenvalue weighted by molar-refractivity contribution is 5.98. The number of benzene rings is 1. The lowest BCUT2D eigenvalue weighted by Crippen LogP contribution is -2.48. The first kappa shape index (κ1) is 16.2. The summed E-state index contributed by atoms with van der Waals surface area (Å²) in [7, 11) is 0. The van der Waals surface area contributed by atoms with Gasteiger partial charge in [-0.15, -0.1) is 0 Å². The van der Waals surface area contributed by atoms with E-state index in [4.69, 9.17) is 0 Å². The van der Waals surface area contributed by atoms with Gasteiger partial charge in [-0.1, -0.05) is 30.3 Å². The summed E-state index contributed by atoms with van der Waals surface area (Å²) in [6.07, 6.45) is 5.33. The summed E-state index contributed by atoms with van der Waals surface area (Å²) in [5, 5.41) is 13.8. The molecule has 1 amide bonds. The van der Waals surface area contributed by atoms with Crippen molar-refractivity contribution in [3.05, 3.63) is 54.5 Å². The van der Waals surface area contributed by atoms with Crippen LogP contribution >= 0.6 is 0 Å². The molecule has 1 fully saturated rings. The normalized spacial score (nSPS) is 17.1. The molecule has 26 heavy (non-hydrogen) atoms. The lowest BCUT2D eigenvalue weighted by atomic mass is 10.1. The number of nitrogens with zero attached hydrogens (tertiary/aromatic N) is 5. The average Bonchev–Trinajstić information content (AvgIpc) is 3.20. The molecule has 1 saturated heterocycles. The number of aromatic amines is 1. The number of carbonyl (C=O) groups is 1. The maximum Gasteiger partial charge on any atom is 0.274 e. The molecule has 2 N–H and O–H groups in total. The fourth-order valence-electron chi connectivity index (χ4n) is 3.17. The minimum atomic E-state index is -0.224. The fraction of sp³-hybridized carbons (Fsp3) is 0.278. The third-order valence-electron chi connectivity index (χ3n) is 4.40. The van der Waals surface area contributed by atoms with Gasteiger partial charge in [-0.3, -0.25) is 4.79 Å². The summed E-state index contributed by atoms with van der Waals surface area (Å²) in [6, 6.07) is 11.4.